The van der Waals surface area contributed by atoms with Gasteiger partial charge in [0.05, 0.1) is 5.75 Å². The molecule has 0 bridgehead atoms. The SMILES string of the molecule is CC1N=C(CSC2CCCC2)NC1=O. The number of carbonyl (C=O) groups excluding carboxylic acids is 1. The van der Waals surface area contributed by atoms with Gasteiger partial charge >= 0.3 is 0 Å². The summed E-state index contributed by atoms with van der Waals surface area (Å²) in [5.74, 6) is 1.80. The average molecular weight is 212 g/mol. The molecule has 0 aromatic heterocycles. The fourth-order valence-electron chi connectivity index (χ4n) is 1.90. The summed E-state index contributed by atoms with van der Waals surface area (Å²) in [5, 5.41) is 3.61. The third-order valence-corrected chi connectivity index (χ3v) is 4.14. The number of carbonyl (C=O) groups is 1. The van der Waals surface area contributed by atoms with E-state index in [4.69, 9.17) is 0 Å². The predicted molar refractivity (Wildman–Crippen MR) is 59.8 cm³/mol. The van der Waals surface area contributed by atoms with Crippen molar-refractivity contribution in [1.29, 1.82) is 0 Å². The van der Waals surface area contributed by atoms with Crippen LogP contribution in [0.25, 0.3) is 0 Å². The minimum atomic E-state index is -0.172. The minimum Gasteiger partial charge on any atom is -0.312 e. The molecule has 0 spiro atoms. The molecule has 1 fully saturated rings. The van der Waals surface area contributed by atoms with E-state index in [9.17, 15) is 4.79 Å². The highest BCUT2D eigenvalue weighted by molar-refractivity contribution is 8.00. The summed E-state index contributed by atoms with van der Waals surface area (Å²) < 4.78 is 0. The van der Waals surface area contributed by atoms with Crippen LogP contribution in [0.4, 0.5) is 0 Å². The summed E-state index contributed by atoms with van der Waals surface area (Å²) in [6, 6.07) is -0.172. The van der Waals surface area contributed by atoms with Gasteiger partial charge in [0.1, 0.15) is 11.9 Å². The van der Waals surface area contributed by atoms with Crippen LogP contribution >= 0.6 is 11.8 Å². The molecule has 1 heterocycles. The van der Waals surface area contributed by atoms with E-state index in [0.29, 0.717) is 0 Å². The molecule has 0 aromatic rings. The molecule has 2 rings (SSSR count). The first-order chi connectivity index (χ1) is 6.75. The van der Waals surface area contributed by atoms with Crippen LogP contribution in [-0.2, 0) is 4.79 Å². The van der Waals surface area contributed by atoms with Crippen molar-refractivity contribution in [1.82, 2.24) is 5.32 Å². The number of hydrogen-bond donors (Lipinski definition) is 1. The van der Waals surface area contributed by atoms with Crippen LogP contribution in [-0.4, -0.2) is 28.8 Å². The Hall–Kier alpha value is -0.510. The molecule has 1 aliphatic carbocycles. The second-order valence-corrected chi connectivity index (χ2v) is 5.25. The van der Waals surface area contributed by atoms with Crippen molar-refractivity contribution < 1.29 is 4.79 Å². The zero-order chi connectivity index (χ0) is 9.97. The Morgan fingerprint density at radius 1 is 1.50 bits per heavy atom. The summed E-state index contributed by atoms with van der Waals surface area (Å²) in [6.45, 7) is 1.84. The number of aliphatic imine (C=N–C) groups is 1. The van der Waals surface area contributed by atoms with Crippen LogP contribution < -0.4 is 5.32 Å². The van der Waals surface area contributed by atoms with E-state index in [1.807, 2.05) is 18.7 Å². The van der Waals surface area contributed by atoms with Gasteiger partial charge in [-0.1, -0.05) is 12.8 Å². The van der Waals surface area contributed by atoms with Gasteiger partial charge in [0, 0.05) is 5.25 Å². The second kappa shape index (κ2) is 4.34. The molecule has 1 aliphatic heterocycles. The quantitative estimate of drug-likeness (QED) is 0.771. The summed E-state index contributed by atoms with van der Waals surface area (Å²) in [5.41, 5.74) is 0. The summed E-state index contributed by atoms with van der Waals surface area (Å²) in [6.07, 6.45) is 5.41. The lowest BCUT2D eigenvalue weighted by atomic mass is 10.4. The van der Waals surface area contributed by atoms with Gasteiger partial charge in [-0.3, -0.25) is 9.79 Å². The smallest absolute Gasteiger partial charge is 0.249 e. The van der Waals surface area contributed by atoms with E-state index in [-0.39, 0.29) is 11.9 Å². The topological polar surface area (TPSA) is 41.5 Å². The Morgan fingerprint density at radius 2 is 2.21 bits per heavy atom. The van der Waals surface area contributed by atoms with Crippen molar-refractivity contribution in [2.45, 2.75) is 43.9 Å². The number of nitrogens with one attached hydrogen (secondary N) is 1. The normalized spacial score (nSPS) is 27.9. The molecule has 78 valence electrons. The van der Waals surface area contributed by atoms with Crippen molar-refractivity contribution in [3.63, 3.8) is 0 Å². The highest BCUT2D eigenvalue weighted by atomic mass is 32.2. The number of thioether (sulfide) groups is 1. The number of amides is 1. The van der Waals surface area contributed by atoms with Crippen molar-refractivity contribution in [3.05, 3.63) is 0 Å². The Kier molecular flexibility index (Phi) is 3.11. The van der Waals surface area contributed by atoms with Gasteiger partial charge in [-0.25, -0.2) is 0 Å². The lowest BCUT2D eigenvalue weighted by Gasteiger charge is -2.07. The Labute approximate surface area is 88.7 Å². The first-order valence-corrected chi connectivity index (χ1v) is 6.30. The third kappa shape index (κ3) is 2.29. The molecule has 14 heavy (non-hydrogen) atoms. The minimum absolute atomic E-state index is 0.0482. The maximum Gasteiger partial charge on any atom is 0.249 e. The molecule has 4 heteroatoms. The number of hydrogen-bond acceptors (Lipinski definition) is 3. The standard InChI is InChI=1S/C10H16N2OS/c1-7-10(13)12-9(11-7)6-14-8-4-2-3-5-8/h7-8H,2-6H2,1H3,(H,11,12,13). The van der Waals surface area contributed by atoms with E-state index in [1.165, 1.54) is 25.7 Å². The highest BCUT2D eigenvalue weighted by Gasteiger charge is 2.23. The van der Waals surface area contributed by atoms with Gasteiger partial charge in [-0.2, -0.15) is 11.8 Å². The maximum atomic E-state index is 11.1. The Morgan fingerprint density at radius 3 is 2.79 bits per heavy atom. The van der Waals surface area contributed by atoms with E-state index >= 15 is 0 Å². The largest absolute Gasteiger partial charge is 0.312 e. The Balaban J connectivity index is 1.75. The molecular formula is C10H16N2OS. The monoisotopic (exact) mass is 212 g/mol. The van der Waals surface area contributed by atoms with Crippen LogP contribution in [0.3, 0.4) is 0 Å². The zero-order valence-electron chi connectivity index (χ0n) is 8.45. The molecule has 1 saturated carbocycles. The summed E-state index contributed by atoms with van der Waals surface area (Å²) in [4.78, 5) is 15.4. The van der Waals surface area contributed by atoms with Crippen LogP contribution in [0.1, 0.15) is 32.6 Å². The highest BCUT2D eigenvalue weighted by Crippen LogP contribution is 2.29. The molecule has 0 radical (unpaired) electrons. The lowest BCUT2D eigenvalue weighted by molar-refractivity contribution is -0.119. The first kappa shape index (κ1) is 10.0. The van der Waals surface area contributed by atoms with Gasteiger partial charge in [0.2, 0.25) is 5.91 Å². The fourth-order valence-corrected chi connectivity index (χ4v) is 3.10. The van der Waals surface area contributed by atoms with Gasteiger partial charge in [-0.15, -0.1) is 0 Å². The van der Waals surface area contributed by atoms with Crippen LogP contribution in [0, 0.1) is 0 Å². The average Bonchev–Trinajstić information content (AvgIpc) is 2.74. The second-order valence-electron chi connectivity index (χ2n) is 3.96. The van der Waals surface area contributed by atoms with Crippen molar-refractivity contribution in [2.75, 3.05) is 5.75 Å². The van der Waals surface area contributed by atoms with Gasteiger partial charge < -0.3 is 5.32 Å². The maximum absolute atomic E-state index is 11.1. The first-order valence-electron chi connectivity index (χ1n) is 5.25. The fraction of sp³-hybridized carbons (Fsp3) is 0.800. The molecule has 1 N–H and O–H groups in total. The Bertz CT molecular complexity index is 259. The number of rotatable bonds is 3. The van der Waals surface area contributed by atoms with E-state index in [0.717, 1.165) is 16.8 Å². The van der Waals surface area contributed by atoms with Gasteiger partial charge in [0.15, 0.2) is 0 Å². The number of nitrogens with zero attached hydrogens (tertiary/aromatic N) is 1. The third-order valence-electron chi connectivity index (χ3n) is 2.75. The van der Waals surface area contributed by atoms with Crippen LogP contribution in [0.15, 0.2) is 4.99 Å². The predicted octanol–water partition coefficient (Wildman–Crippen LogP) is 1.58. The van der Waals surface area contributed by atoms with Gasteiger partial charge in [0.25, 0.3) is 0 Å². The van der Waals surface area contributed by atoms with Crippen LogP contribution in [0.5, 0.6) is 0 Å². The molecule has 1 amide bonds. The molecule has 0 saturated heterocycles. The molecule has 1 atom stereocenters. The van der Waals surface area contributed by atoms with Crippen molar-refractivity contribution >= 4 is 23.5 Å². The van der Waals surface area contributed by atoms with E-state index in [2.05, 4.69) is 10.3 Å². The lowest BCUT2D eigenvalue weighted by Crippen LogP contribution is -2.28. The molecule has 3 nitrogen and oxygen atoms in total. The van der Waals surface area contributed by atoms with Crippen molar-refractivity contribution in [2.24, 2.45) is 4.99 Å². The molecular weight excluding hydrogens is 196 g/mol. The van der Waals surface area contributed by atoms with Crippen molar-refractivity contribution in [3.8, 4) is 0 Å². The summed E-state index contributed by atoms with van der Waals surface area (Å²) >= 11 is 1.94. The number of amidine groups is 1. The molecule has 2 aliphatic rings. The summed E-state index contributed by atoms with van der Waals surface area (Å²) in [7, 11) is 0. The van der Waals surface area contributed by atoms with E-state index in [1.54, 1.807) is 0 Å². The molecule has 0 aromatic carbocycles. The van der Waals surface area contributed by atoms with Gasteiger partial charge in [-0.05, 0) is 19.8 Å². The van der Waals surface area contributed by atoms with E-state index < -0.39 is 0 Å². The zero-order valence-corrected chi connectivity index (χ0v) is 9.27. The van der Waals surface area contributed by atoms with Crippen LogP contribution in [0.2, 0.25) is 0 Å². The molecule has 1 unspecified atom stereocenters.